The van der Waals surface area contributed by atoms with Gasteiger partial charge >= 0.3 is 5.97 Å². The average Bonchev–Trinajstić information content (AvgIpc) is 2.74. The Morgan fingerprint density at radius 3 is 2.28 bits per heavy atom. The second-order valence-electron chi connectivity index (χ2n) is 6.30. The van der Waals surface area contributed by atoms with E-state index in [0.717, 1.165) is 0 Å². The first-order chi connectivity index (χ1) is 13.8. The summed E-state index contributed by atoms with van der Waals surface area (Å²) in [4.78, 5) is 26.1. The normalized spacial score (nSPS) is 15.2. The lowest BCUT2D eigenvalue weighted by Gasteiger charge is -2.33. The summed E-state index contributed by atoms with van der Waals surface area (Å²) in [7, 11) is -3.60. The quantitative estimate of drug-likeness (QED) is 0.645. The van der Waals surface area contributed by atoms with Crippen LogP contribution in [0.1, 0.15) is 10.4 Å². The van der Waals surface area contributed by atoms with E-state index in [2.05, 4.69) is 0 Å². The summed E-state index contributed by atoms with van der Waals surface area (Å²) >= 11 is 11.8. The Bertz CT molecular complexity index is 1010. The van der Waals surface area contributed by atoms with Crippen LogP contribution in [-0.2, 0) is 19.6 Å². The number of rotatable bonds is 5. The van der Waals surface area contributed by atoms with E-state index in [1.54, 1.807) is 18.2 Å². The average molecular weight is 457 g/mol. The van der Waals surface area contributed by atoms with E-state index in [0.29, 0.717) is 5.02 Å². The van der Waals surface area contributed by atoms with Crippen molar-refractivity contribution in [3.8, 4) is 0 Å². The molecule has 1 fully saturated rings. The Balaban J connectivity index is 1.54. The number of hydrogen-bond donors (Lipinski definition) is 0. The lowest BCUT2D eigenvalue weighted by atomic mass is 10.2. The molecule has 0 unspecified atom stereocenters. The van der Waals surface area contributed by atoms with Crippen molar-refractivity contribution in [2.24, 2.45) is 0 Å². The zero-order valence-corrected chi connectivity index (χ0v) is 17.6. The van der Waals surface area contributed by atoms with Crippen molar-refractivity contribution in [2.45, 2.75) is 4.90 Å². The van der Waals surface area contributed by atoms with Crippen LogP contribution in [0.25, 0.3) is 0 Å². The second kappa shape index (κ2) is 9.13. The smallest absolute Gasteiger partial charge is 0.340 e. The predicted molar refractivity (Wildman–Crippen MR) is 109 cm³/mol. The zero-order valence-electron chi connectivity index (χ0n) is 15.3. The standard InChI is InChI=1S/C19H18Cl2N2O5S/c20-14-6-7-17(21)16(12-14)19(25)28-13-18(24)22-8-10-23(11-9-22)29(26,27)15-4-2-1-3-5-15/h1-7,12H,8-11,13H2. The van der Waals surface area contributed by atoms with E-state index < -0.39 is 28.5 Å². The number of nitrogens with zero attached hydrogens (tertiary/aromatic N) is 2. The molecule has 1 aliphatic heterocycles. The number of sulfonamides is 1. The number of hydrogen-bond acceptors (Lipinski definition) is 5. The maximum Gasteiger partial charge on any atom is 0.340 e. The van der Waals surface area contributed by atoms with Gasteiger partial charge < -0.3 is 9.64 Å². The summed E-state index contributed by atoms with van der Waals surface area (Å²) < 4.78 is 31.6. The highest BCUT2D eigenvalue weighted by molar-refractivity contribution is 7.89. The Morgan fingerprint density at radius 2 is 1.62 bits per heavy atom. The van der Waals surface area contributed by atoms with Gasteiger partial charge in [0, 0.05) is 31.2 Å². The van der Waals surface area contributed by atoms with Gasteiger partial charge in [0.1, 0.15) is 0 Å². The van der Waals surface area contributed by atoms with Gasteiger partial charge in [0.2, 0.25) is 10.0 Å². The number of benzene rings is 2. The Morgan fingerprint density at radius 1 is 0.966 bits per heavy atom. The number of carbonyl (C=O) groups excluding carboxylic acids is 2. The molecule has 0 saturated carbocycles. The maximum atomic E-state index is 12.6. The highest BCUT2D eigenvalue weighted by atomic mass is 35.5. The third-order valence-electron chi connectivity index (χ3n) is 4.45. The summed E-state index contributed by atoms with van der Waals surface area (Å²) in [6, 6.07) is 12.5. The number of carbonyl (C=O) groups is 2. The fourth-order valence-electron chi connectivity index (χ4n) is 2.87. The first-order valence-corrected chi connectivity index (χ1v) is 10.9. The summed E-state index contributed by atoms with van der Waals surface area (Å²) in [6.07, 6.45) is 0. The Hall–Kier alpha value is -2.13. The maximum absolute atomic E-state index is 12.6. The lowest BCUT2D eigenvalue weighted by Crippen LogP contribution is -2.51. The largest absolute Gasteiger partial charge is 0.452 e. The van der Waals surface area contributed by atoms with Crippen molar-refractivity contribution in [2.75, 3.05) is 32.8 Å². The Kier molecular flexibility index (Phi) is 6.79. The monoisotopic (exact) mass is 456 g/mol. The molecule has 154 valence electrons. The molecule has 2 aromatic carbocycles. The van der Waals surface area contributed by atoms with Crippen molar-refractivity contribution in [1.29, 1.82) is 0 Å². The van der Waals surface area contributed by atoms with E-state index in [-0.39, 0.29) is 41.7 Å². The molecular formula is C19H18Cl2N2O5S. The molecule has 7 nitrogen and oxygen atoms in total. The van der Waals surface area contributed by atoms with Crippen LogP contribution < -0.4 is 0 Å². The lowest BCUT2D eigenvalue weighted by molar-refractivity contribution is -0.135. The van der Waals surface area contributed by atoms with E-state index >= 15 is 0 Å². The molecule has 0 aromatic heterocycles. The predicted octanol–water partition coefficient (Wildman–Crippen LogP) is 2.68. The molecule has 1 aliphatic rings. The molecule has 1 amide bonds. The van der Waals surface area contributed by atoms with Gasteiger partial charge in [-0.15, -0.1) is 0 Å². The molecule has 3 rings (SSSR count). The number of piperazine rings is 1. The fourth-order valence-corrected chi connectivity index (χ4v) is 4.68. The molecule has 10 heteroatoms. The zero-order chi connectivity index (χ0) is 21.0. The van der Waals surface area contributed by atoms with E-state index in [4.69, 9.17) is 27.9 Å². The topological polar surface area (TPSA) is 84.0 Å². The number of amides is 1. The van der Waals surface area contributed by atoms with Crippen LogP contribution in [0.5, 0.6) is 0 Å². The Labute approximate surface area is 178 Å². The molecule has 0 bridgehead atoms. The molecule has 0 N–H and O–H groups in total. The van der Waals surface area contributed by atoms with Gasteiger partial charge in [-0.1, -0.05) is 41.4 Å². The van der Waals surface area contributed by atoms with Crippen molar-refractivity contribution < 1.29 is 22.7 Å². The molecule has 2 aromatic rings. The van der Waals surface area contributed by atoms with Crippen molar-refractivity contribution in [1.82, 2.24) is 9.21 Å². The van der Waals surface area contributed by atoms with Crippen molar-refractivity contribution in [3.63, 3.8) is 0 Å². The van der Waals surface area contributed by atoms with Gasteiger partial charge in [-0.05, 0) is 30.3 Å². The fraction of sp³-hybridized carbons (Fsp3) is 0.263. The molecule has 0 spiro atoms. The molecule has 0 radical (unpaired) electrons. The highest BCUT2D eigenvalue weighted by Gasteiger charge is 2.30. The second-order valence-corrected chi connectivity index (χ2v) is 9.08. The van der Waals surface area contributed by atoms with Crippen LogP contribution in [0.3, 0.4) is 0 Å². The van der Waals surface area contributed by atoms with E-state index in [1.165, 1.54) is 39.5 Å². The SMILES string of the molecule is O=C(OCC(=O)N1CCN(S(=O)(=O)c2ccccc2)CC1)c1cc(Cl)ccc1Cl. The van der Waals surface area contributed by atoms with Crippen LogP contribution in [0.4, 0.5) is 0 Å². The third kappa shape index (κ3) is 5.08. The summed E-state index contributed by atoms with van der Waals surface area (Å²) in [5.41, 5.74) is 0.0748. The minimum absolute atomic E-state index is 0.0748. The van der Waals surface area contributed by atoms with Gasteiger partial charge in [0.15, 0.2) is 6.61 Å². The molecular weight excluding hydrogens is 439 g/mol. The van der Waals surface area contributed by atoms with Crippen LogP contribution in [-0.4, -0.2) is 62.3 Å². The van der Waals surface area contributed by atoms with Crippen LogP contribution in [0, 0.1) is 0 Å². The van der Waals surface area contributed by atoms with E-state index in [9.17, 15) is 18.0 Å². The third-order valence-corrected chi connectivity index (χ3v) is 6.92. The number of esters is 1. The van der Waals surface area contributed by atoms with E-state index in [1.807, 2.05) is 0 Å². The van der Waals surface area contributed by atoms with Gasteiger partial charge in [-0.25, -0.2) is 13.2 Å². The molecule has 0 atom stereocenters. The molecule has 0 aliphatic carbocycles. The van der Waals surface area contributed by atoms with Gasteiger partial charge in [0.25, 0.3) is 5.91 Å². The first kappa shape index (κ1) is 21.6. The molecule has 1 saturated heterocycles. The van der Waals surface area contributed by atoms with Gasteiger partial charge in [-0.2, -0.15) is 4.31 Å². The molecule has 1 heterocycles. The first-order valence-electron chi connectivity index (χ1n) is 8.74. The summed E-state index contributed by atoms with van der Waals surface area (Å²) in [5.74, 6) is -1.16. The van der Waals surface area contributed by atoms with Crippen LogP contribution in [0.2, 0.25) is 10.0 Å². The number of halogens is 2. The number of ether oxygens (including phenoxy) is 1. The van der Waals surface area contributed by atoms with Gasteiger partial charge in [-0.3, -0.25) is 4.79 Å². The minimum Gasteiger partial charge on any atom is -0.452 e. The summed E-state index contributed by atoms with van der Waals surface area (Å²) in [5, 5.41) is 0.495. The van der Waals surface area contributed by atoms with Crippen molar-refractivity contribution >= 4 is 45.1 Å². The summed E-state index contributed by atoms with van der Waals surface area (Å²) in [6.45, 7) is 0.280. The minimum atomic E-state index is -3.60. The van der Waals surface area contributed by atoms with Crippen molar-refractivity contribution in [3.05, 3.63) is 64.1 Å². The van der Waals surface area contributed by atoms with Crippen LogP contribution >= 0.6 is 23.2 Å². The molecule has 29 heavy (non-hydrogen) atoms. The van der Waals surface area contributed by atoms with Gasteiger partial charge in [0.05, 0.1) is 15.5 Å². The van der Waals surface area contributed by atoms with Crippen LogP contribution in [0.15, 0.2) is 53.4 Å². The highest BCUT2D eigenvalue weighted by Crippen LogP contribution is 2.21.